The molecule has 0 aliphatic rings. The minimum absolute atomic E-state index is 0.233. The van der Waals surface area contributed by atoms with Crippen molar-refractivity contribution >= 4 is 11.7 Å². The van der Waals surface area contributed by atoms with Gasteiger partial charge in [-0.3, -0.25) is 0 Å². The summed E-state index contributed by atoms with van der Waals surface area (Å²) in [6, 6.07) is 5.64. The van der Waals surface area contributed by atoms with Gasteiger partial charge in [-0.2, -0.15) is 0 Å². The van der Waals surface area contributed by atoms with Crippen LogP contribution in [0.5, 0.6) is 0 Å². The van der Waals surface area contributed by atoms with Gasteiger partial charge in [0.1, 0.15) is 5.65 Å². The molecule has 0 saturated carbocycles. The van der Waals surface area contributed by atoms with Gasteiger partial charge in [0.25, 0.3) is 0 Å². The van der Waals surface area contributed by atoms with Crippen LogP contribution in [-0.4, -0.2) is 20.6 Å². The summed E-state index contributed by atoms with van der Waals surface area (Å²) in [5.41, 5.74) is 1.52. The molecular formula is C9H9N3O2. The van der Waals surface area contributed by atoms with Crippen LogP contribution in [0.2, 0.25) is 0 Å². The van der Waals surface area contributed by atoms with Gasteiger partial charge in [0.2, 0.25) is 0 Å². The van der Waals surface area contributed by atoms with Crippen LogP contribution in [0.1, 0.15) is 5.69 Å². The minimum atomic E-state index is -1.04. The van der Waals surface area contributed by atoms with Crippen molar-refractivity contribution in [2.45, 2.75) is 6.54 Å². The number of rotatable bonds is 2. The molecular weight excluding hydrogens is 182 g/mol. The van der Waals surface area contributed by atoms with Gasteiger partial charge in [-0.05, 0) is 12.1 Å². The number of hydrogen-bond acceptors (Lipinski definition) is 2. The summed E-state index contributed by atoms with van der Waals surface area (Å²) in [5.74, 6) is 0. The first-order chi connectivity index (χ1) is 6.75. The van der Waals surface area contributed by atoms with Crippen LogP contribution in [0.25, 0.3) is 5.65 Å². The Morgan fingerprint density at radius 2 is 2.43 bits per heavy atom. The molecule has 0 fully saturated rings. The number of aromatic nitrogens is 2. The predicted molar refractivity (Wildman–Crippen MR) is 50.1 cm³/mol. The van der Waals surface area contributed by atoms with Crippen molar-refractivity contribution in [2.24, 2.45) is 0 Å². The number of hydrogen-bond donors (Lipinski definition) is 2. The third kappa shape index (κ3) is 1.66. The molecule has 0 aromatic carbocycles. The standard InChI is InChI=1S/C9H9N3O2/c13-9(14)10-5-7-6-12-4-2-1-3-8(12)11-7/h1-4,6,10H,5H2,(H,13,14). The number of nitrogens with one attached hydrogen (secondary N) is 1. The zero-order valence-corrected chi connectivity index (χ0v) is 7.34. The molecule has 2 heterocycles. The summed E-state index contributed by atoms with van der Waals surface area (Å²) in [4.78, 5) is 14.5. The van der Waals surface area contributed by atoms with Gasteiger partial charge in [-0.1, -0.05) is 6.07 Å². The maximum atomic E-state index is 10.2. The lowest BCUT2D eigenvalue weighted by atomic mass is 10.5. The molecule has 5 nitrogen and oxygen atoms in total. The Morgan fingerprint density at radius 3 is 3.14 bits per heavy atom. The normalized spacial score (nSPS) is 10.3. The molecule has 0 bridgehead atoms. The highest BCUT2D eigenvalue weighted by Gasteiger charge is 2.01. The van der Waals surface area contributed by atoms with E-state index in [4.69, 9.17) is 5.11 Å². The molecule has 2 aromatic rings. The molecule has 2 rings (SSSR count). The van der Waals surface area contributed by atoms with Crippen LogP contribution in [0, 0.1) is 0 Å². The third-order valence-electron chi connectivity index (χ3n) is 1.83. The van der Waals surface area contributed by atoms with Crippen molar-refractivity contribution in [1.29, 1.82) is 0 Å². The van der Waals surface area contributed by atoms with Gasteiger partial charge < -0.3 is 14.8 Å². The van der Waals surface area contributed by atoms with Gasteiger partial charge >= 0.3 is 6.09 Å². The SMILES string of the molecule is O=C(O)NCc1cn2ccccc2n1. The van der Waals surface area contributed by atoms with E-state index in [-0.39, 0.29) is 6.54 Å². The average Bonchev–Trinajstić information content (AvgIpc) is 2.57. The van der Waals surface area contributed by atoms with Crippen LogP contribution in [-0.2, 0) is 6.54 Å². The highest BCUT2D eigenvalue weighted by atomic mass is 16.4. The Hall–Kier alpha value is -2.04. The smallest absolute Gasteiger partial charge is 0.404 e. The summed E-state index contributed by atoms with van der Waals surface area (Å²) in [5, 5.41) is 10.7. The van der Waals surface area contributed by atoms with Crippen LogP contribution in [0.15, 0.2) is 30.6 Å². The molecule has 2 aromatic heterocycles. The first kappa shape index (κ1) is 8.55. The predicted octanol–water partition coefficient (Wildman–Crippen LogP) is 1.10. The van der Waals surface area contributed by atoms with Crippen LogP contribution in [0.4, 0.5) is 4.79 Å². The summed E-state index contributed by atoms with van der Waals surface area (Å²) in [6.07, 6.45) is 2.62. The minimum Gasteiger partial charge on any atom is -0.465 e. The van der Waals surface area contributed by atoms with E-state index in [1.165, 1.54) is 0 Å². The average molecular weight is 191 g/mol. The van der Waals surface area contributed by atoms with Crippen molar-refractivity contribution in [3.63, 3.8) is 0 Å². The fraction of sp³-hybridized carbons (Fsp3) is 0.111. The molecule has 0 atom stereocenters. The monoisotopic (exact) mass is 191 g/mol. The van der Waals surface area contributed by atoms with Gasteiger partial charge in [0.15, 0.2) is 0 Å². The first-order valence-electron chi connectivity index (χ1n) is 4.15. The third-order valence-corrected chi connectivity index (χ3v) is 1.83. The lowest BCUT2D eigenvalue weighted by molar-refractivity contribution is 0.194. The van der Waals surface area contributed by atoms with E-state index in [1.807, 2.05) is 28.8 Å². The fourth-order valence-electron chi connectivity index (χ4n) is 1.24. The number of carboxylic acid groups (broad SMARTS) is 1. The van der Waals surface area contributed by atoms with E-state index in [9.17, 15) is 4.79 Å². The summed E-state index contributed by atoms with van der Waals surface area (Å²) < 4.78 is 1.85. The molecule has 5 heteroatoms. The van der Waals surface area contributed by atoms with Crippen molar-refractivity contribution in [1.82, 2.24) is 14.7 Å². The Kier molecular flexibility index (Phi) is 2.06. The van der Waals surface area contributed by atoms with E-state index < -0.39 is 6.09 Å². The topological polar surface area (TPSA) is 66.6 Å². The van der Waals surface area contributed by atoms with E-state index in [2.05, 4.69) is 10.3 Å². The highest BCUT2D eigenvalue weighted by molar-refractivity contribution is 5.64. The van der Waals surface area contributed by atoms with Crippen molar-refractivity contribution in [2.75, 3.05) is 0 Å². The van der Waals surface area contributed by atoms with Crippen molar-refractivity contribution in [3.05, 3.63) is 36.3 Å². The van der Waals surface area contributed by atoms with E-state index in [0.717, 1.165) is 5.65 Å². The number of pyridine rings is 1. The molecule has 0 unspecified atom stereocenters. The molecule has 0 saturated heterocycles. The van der Waals surface area contributed by atoms with Gasteiger partial charge in [-0.15, -0.1) is 0 Å². The molecule has 1 amide bonds. The Bertz CT molecular complexity index is 431. The summed E-state index contributed by atoms with van der Waals surface area (Å²) >= 11 is 0. The second kappa shape index (κ2) is 3.37. The number of imidazole rings is 1. The maximum absolute atomic E-state index is 10.2. The van der Waals surface area contributed by atoms with Crippen molar-refractivity contribution < 1.29 is 9.90 Å². The Morgan fingerprint density at radius 1 is 1.57 bits per heavy atom. The maximum Gasteiger partial charge on any atom is 0.404 e. The number of fused-ring (bicyclic) bond motifs is 1. The fourth-order valence-corrected chi connectivity index (χ4v) is 1.24. The largest absolute Gasteiger partial charge is 0.465 e. The van der Waals surface area contributed by atoms with Crippen LogP contribution in [0.3, 0.4) is 0 Å². The first-order valence-corrected chi connectivity index (χ1v) is 4.15. The molecule has 72 valence electrons. The Balaban J connectivity index is 2.22. The molecule has 2 N–H and O–H groups in total. The van der Waals surface area contributed by atoms with Gasteiger partial charge in [-0.25, -0.2) is 9.78 Å². The van der Waals surface area contributed by atoms with Crippen LogP contribution < -0.4 is 5.32 Å². The number of nitrogens with zero attached hydrogens (tertiary/aromatic N) is 2. The quantitative estimate of drug-likeness (QED) is 0.747. The summed E-state index contributed by atoms with van der Waals surface area (Å²) in [6.45, 7) is 0.233. The second-order valence-electron chi connectivity index (χ2n) is 2.86. The highest BCUT2D eigenvalue weighted by Crippen LogP contribution is 2.03. The molecule has 14 heavy (non-hydrogen) atoms. The number of carbonyl (C=O) groups is 1. The van der Waals surface area contributed by atoms with E-state index in [1.54, 1.807) is 6.20 Å². The molecule has 0 aliphatic carbocycles. The lowest BCUT2D eigenvalue weighted by Gasteiger charge is -1.93. The molecule has 0 spiro atoms. The van der Waals surface area contributed by atoms with Gasteiger partial charge in [0.05, 0.1) is 12.2 Å². The second-order valence-corrected chi connectivity index (χ2v) is 2.86. The van der Waals surface area contributed by atoms with Crippen LogP contribution >= 0.6 is 0 Å². The molecule has 0 radical (unpaired) electrons. The van der Waals surface area contributed by atoms with E-state index in [0.29, 0.717) is 5.69 Å². The molecule has 0 aliphatic heterocycles. The van der Waals surface area contributed by atoms with Crippen molar-refractivity contribution in [3.8, 4) is 0 Å². The zero-order valence-electron chi connectivity index (χ0n) is 7.34. The van der Waals surface area contributed by atoms with E-state index >= 15 is 0 Å². The lowest BCUT2D eigenvalue weighted by Crippen LogP contribution is -2.19. The zero-order chi connectivity index (χ0) is 9.97. The number of amides is 1. The summed E-state index contributed by atoms with van der Waals surface area (Å²) in [7, 11) is 0. The Labute approximate surface area is 80.0 Å². The van der Waals surface area contributed by atoms with Gasteiger partial charge in [0, 0.05) is 12.4 Å².